The molecule has 0 aliphatic carbocycles. The van der Waals surface area contributed by atoms with E-state index in [0.717, 1.165) is 32.6 Å². The molecule has 1 rings (SSSR count). The van der Waals surface area contributed by atoms with Gasteiger partial charge in [0, 0.05) is 25.7 Å². The maximum Gasteiger partial charge on any atom is 0.240 e. The minimum Gasteiger partial charge on any atom is -0.339 e. The summed E-state index contributed by atoms with van der Waals surface area (Å²) in [5, 5.41) is 9.01. The first-order valence-electron chi connectivity index (χ1n) is 6.56. The van der Waals surface area contributed by atoms with Gasteiger partial charge in [-0.1, -0.05) is 20.3 Å². The molecule has 2 unspecified atom stereocenters. The smallest absolute Gasteiger partial charge is 0.240 e. The fourth-order valence-electron chi connectivity index (χ4n) is 2.42. The van der Waals surface area contributed by atoms with Crippen molar-refractivity contribution in [3.8, 4) is 6.07 Å². The van der Waals surface area contributed by atoms with Crippen LogP contribution in [0.2, 0.25) is 0 Å². The number of carbonyl (C=O) groups is 1. The lowest BCUT2D eigenvalue weighted by molar-refractivity contribution is -0.136. The second-order valence-corrected chi connectivity index (χ2v) is 4.73. The van der Waals surface area contributed by atoms with Gasteiger partial charge in [0.05, 0.1) is 6.07 Å². The summed E-state index contributed by atoms with van der Waals surface area (Å²) in [6.45, 7) is 9.77. The van der Waals surface area contributed by atoms with Crippen LogP contribution in [0.25, 0.3) is 0 Å². The van der Waals surface area contributed by atoms with Crippen LogP contribution in [0, 0.1) is 17.2 Å². The normalized spacial score (nSPS) is 23.2. The first-order chi connectivity index (χ1) is 8.13. The molecule has 4 nitrogen and oxygen atoms in total. The number of likely N-dealkylation sites (N-methyl/N-ethyl adjacent to an activating group) is 1. The number of carbonyl (C=O) groups excluding carboxylic acids is 1. The van der Waals surface area contributed by atoms with Gasteiger partial charge in [-0.05, 0) is 19.9 Å². The topological polar surface area (TPSA) is 47.3 Å². The van der Waals surface area contributed by atoms with Crippen LogP contribution in [0.3, 0.4) is 0 Å². The van der Waals surface area contributed by atoms with Crippen LogP contribution in [0.4, 0.5) is 0 Å². The van der Waals surface area contributed by atoms with Gasteiger partial charge in [0.15, 0.2) is 0 Å². The van der Waals surface area contributed by atoms with Crippen molar-refractivity contribution in [1.82, 2.24) is 9.80 Å². The van der Waals surface area contributed by atoms with Crippen LogP contribution in [0.15, 0.2) is 0 Å². The predicted octanol–water partition coefficient (Wildman–Crippen LogP) is 1.48. The zero-order valence-electron chi connectivity index (χ0n) is 11.1. The molecule has 0 aromatic carbocycles. The fraction of sp³-hybridized carbons (Fsp3) is 0.846. The van der Waals surface area contributed by atoms with Crippen molar-refractivity contribution < 1.29 is 4.79 Å². The van der Waals surface area contributed by atoms with E-state index in [4.69, 9.17) is 5.26 Å². The monoisotopic (exact) mass is 237 g/mol. The highest BCUT2D eigenvalue weighted by Gasteiger charge is 2.29. The third-order valence-corrected chi connectivity index (χ3v) is 3.51. The van der Waals surface area contributed by atoms with Gasteiger partial charge in [0.25, 0.3) is 0 Å². The lowest BCUT2D eigenvalue weighted by atomic mass is 10.0. The summed E-state index contributed by atoms with van der Waals surface area (Å²) in [7, 11) is 0. The Morgan fingerprint density at radius 3 is 2.65 bits per heavy atom. The Labute approximate surface area is 104 Å². The van der Waals surface area contributed by atoms with Gasteiger partial charge in [0.2, 0.25) is 5.91 Å². The first-order valence-corrected chi connectivity index (χ1v) is 6.56. The fourth-order valence-corrected chi connectivity index (χ4v) is 2.42. The van der Waals surface area contributed by atoms with Gasteiger partial charge in [-0.15, -0.1) is 0 Å². The Morgan fingerprint density at radius 2 is 2.18 bits per heavy atom. The van der Waals surface area contributed by atoms with E-state index < -0.39 is 5.92 Å². The summed E-state index contributed by atoms with van der Waals surface area (Å²) in [5.41, 5.74) is 0. The van der Waals surface area contributed by atoms with Crippen LogP contribution in [0.5, 0.6) is 0 Å². The summed E-state index contributed by atoms with van der Waals surface area (Å²) in [5.74, 6) is -0.419. The third-order valence-electron chi connectivity index (χ3n) is 3.51. The van der Waals surface area contributed by atoms with Gasteiger partial charge >= 0.3 is 0 Å². The van der Waals surface area contributed by atoms with Crippen molar-refractivity contribution in [2.45, 2.75) is 39.7 Å². The second-order valence-electron chi connectivity index (χ2n) is 4.73. The largest absolute Gasteiger partial charge is 0.339 e. The molecule has 4 heteroatoms. The van der Waals surface area contributed by atoms with Crippen molar-refractivity contribution >= 4 is 5.91 Å². The molecule has 0 radical (unpaired) electrons. The predicted molar refractivity (Wildman–Crippen MR) is 67.3 cm³/mol. The van der Waals surface area contributed by atoms with Crippen molar-refractivity contribution in [2.75, 3.05) is 26.2 Å². The second kappa shape index (κ2) is 6.61. The highest BCUT2D eigenvalue weighted by molar-refractivity contribution is 5.81. The molecule has 0 N–H and O–H groups in total. The zero-order chi connectivity index (χ0) is 12.8. The van der Waals surface area contributed by atoms with Crippen molar-refractivity contribution in [1.29, 1.82) is 5.26 Å². The Bertz CT molecular complexity index is 298. The lowest BCUT2D eigenvalue weighted by Crippen LogP contribution is -2.54. The molecule has 1 saturated heterocycles. The summed E-state index contributed by atoms with van der Waals surface area (Å²) in [6.07, 6.45) is 1.56. The molecule has 1 amide bonds. The molecule has 0 aromatic heterocycles. The van der Waals surface area contributed by atoms with E-state index in [9.17, 15) is 4.79 Å². The van der Waals surface area contributed by atoms with Gasteiger partial charge < -0.3 is 4.90 Å². The van der Waals surface area contributed by atoms with E-state index in [2.05, 4.69) is 24.8 Å². The lowest BCUT2D eigenvalue weighted by Gasteiger charge is -2.39. The molecular formula is C13H23N3O. The quantitative estimate of drug-likeness (QED) is 0.744. The standard InChI is InChI=1S/C13H23N3O/c1-4-6-12(9-14)13(17)16-8-7-15(5-2)11(3)10-16/h11-12H,4-8,10H2,1-3H3. The van der Waals surface area contributed by atoms with Crippen LogP contribution in [-0.2, 0) is 4.79 Å². The number of hydrogen-bond acceptors (Lipinski definition) is 3. The average Bonchev–Trinajstić information content (AvgIpc) is 2.35. The number of nitriles is 1. The maximum atomic E-state index is 12.1. The minimum atomic E-state index is -0.444. The van der Waals surface area contributed by atoms with E-state index in [1.807, 2.05) is 11.8 Å². The first kappa shape index (κ1) is 14.0. The van der Waals surface area contributed by atoms with Gasteiger partial charge in [-0.3, -0.25) is 9.69 Å². The van der Waals surface area contributed by atoms with Crippen LogP contribution in [0.1, 0.15) is 33.6 Å². The Hall–Kier alpha value is -1.08. The number of nitrogens with zero attached hydrogens (tertiary/aromatic N) is 3. The summed E-state index contributed by atoms with van der Waals surface area (Å²) in [6, 6.07) is 2.54. The van der Waals surface area contributed by atoms with Crippen molar-refractivity contribution in [3.63, 3.8) is 0 Å². The molecule has 17 heavy (non-hydrogen) atoms. The van der Waals surface area contributed by atoms with Crippen molar-refractivity contribution in [2.24, 2.45) is 5.92 Å². The average molecular weight is 237 g/mol. The van der Waals surface area contributed by atoms with E-state index >= 15 is 0 Å². The Kier molecular flexibility index (Phi) is 5.43. The van der Waals surface area contributed by atoms with Gasteiger partial charge in [-0.2, -0.15) is 5.26 Å². The SMILES string of the molecule is CCCC(C#N)C(=O)N1CCN(CC)C(C)C1. The number of piperazine rings is 1. The van der Waals surface area contributed by atoms with Crippen LogP contribution < -0.4 is 0 Å². The molecule has 1 aliphatic heterocycles. The third kappa shape index (κ3) is 3.44. The van der Waals surface area contributed by atoms with Gasteiger partial charge in [-0.25, -0.2) is 0 Å². The number of amides is 1. The number of rotatable bonds is 4. The molecule has 0 aromatic rings. The highest BCUT2D eigenvalue weighted by Crippen LogP contribution is 2.14. The van der Waals surface area contributed by atoms with E-state index in [1.54, 1.807) is 0 Å². The molecule has 1 fully saturated rings. The number of hydrogen-bond donors (Lipinski definition) is 0. The maximum absolute atomic E-state index is 12.1. The van der Waals surface area contributed by atoms with E-state index in [0.29, 0.717) is 12.5 Å². The molecule has 0 bridgehead atoms. The van der Waals surface area contributed by atoms with Crippen molar-refractivity contribution in [3.05, 3.63) is 0 Å². The molecule has 0 saturated carbocycles. The summed E-state index contributed by atoms with van der Waals surface area (Å²) >= 11 is 0. The minimum absolute atomic E-state index is 0.0250. The molecule has 1 aliphatic rings. The molecule has 2 atom stereocenters. The van der Waals surface area contributed by atoms with E-state index in [-0.39, 0.29) is 5.91 Å². The molecule has 0 spiro atoms. The van der Waals surface area contributed by atoms with Gasteiger partial charge in [0.1, 0.15) is 5.92 Å². The molecule has 1 heterocycles. The Balaban J connectivity index is 2.57. The van der Waals surface area contributed by atoms with Crippen LogP contribution >= 0.6 is 0 Å². The Morgan fingerprint density at radius 1 is 1.47 bits per heavy atom. The molecular weight excluding hydrogens is 214 g/mol. The van der Waals surface area contributed by atoms with Crippen LogP contribution in [-0.4, -0.2) is 47.9 Å². The molecule has 96 valence electrons. The zero-order valence-corrected chi connectivity index (χ0v) is 11.1. The summed E-state index contributed by atoms with van der Waals surface area (Å²) in [4.78, 5) is 16.4. The summed E-state index contributed by atoms with van der Waals surface area (Å²) < 4.78 is 0. The van der Waals surface area contributed by atoms with E-state index in [1.165, 1.54) is 0 Å². The highest BCUT2D eigenvalue weighted by atomic mass is 16.2.